The second kappa shape index (κ2) is 6.05. The Balaban J connectivity index is 2.55. The molecule has 0 aliphatic rings. The van der Waals surface area contributed by atoms with Crippen LogP contribution in [0.15, 0.2) is 28.1 Å². The predicted molar refractivity (Wildman–Crippen MR) is 83.7 cm³/mol. The number of ether oxygens (including phenoxy) is 1. The minimum absolute atomic E-state index is 0.0631. The lowest BCUT2D eigenvalue weighted by Crippen LogP contribution is -2.29. The first-order valence-corrected chi connectivity index (χ1v) is 7.54. The van der Waals surface area contributed by atoms with Gasteiger partial charge in [-0.1, -0.05) is 6.07 Å². The van der Waals surface area contributed by atoms with Crippen LogP contribution in [0.2, 0.25) is 0 Å². The molecule has 5 heteroatoms. The van der Waals surface area contributed by atoms with Crippen molar-refractivity contribution in [2.75, 3.05) is 7.11 Å². The highest BCUT2D eigenvalue weighted by Crippen LogP contribution is 2.37. The number of hydrogen-bond acceptors (Lipinski definition) is 4. The number of nitrogens with one attached hydrogen (secondary N) is 1. The molecule has 1 aromatic heterocycles. The Kier molecular flexibility index (Phi) is 4.62. The first kappa shape index (κ1) is 14.5. The van der Waals surface area contributed by atoms with Gasteiger partial charge in [-0.05, 0) is 59.1 Å². The van der Waals surface area contributed by atoms with Gasteiger partial charge in [0.25, 0.3) is 0 Å². The summed E-state index contributed by atoms with van der Waals surface area (Å²) in [4.78, 5) is 1.15. The van der Waals surface area contributed by atoms with Gasteiger partial charge in [0.15, 0.2) is 0 Å². The lowest BCUT2D eigenvalue weighted by molar-refractivity contribution is 0.403. The van der Waals surface area contributed by atoms with Crippen LogP contribution in [0.3, 0.4) is 0 Å². The average Bonchev–Trinajstić information content (AvgIpc) is 2.78. The third-order valence-electron chi connectivity index (χ3n) is 3.05. The van der Waals surface area contributed by atoms with Crippen molar-refractivity contribution >= 4 is 27.3 Å². The maximum absolute atomic E-state index is 5.76. The van der Waals surface area contributed by atoms with E-state index < -0.39 is 0 Å². The molecule has 1 unspecified atom stereocenters. The lowest BCUT2D eigenvalue weighted by Gasteiger charge is -2.21. The molecule has 102 valence electrons. The summed E-state index contributed by atoms with van der Waals surface area (Å²) in [5, 5.41) is 0. The van der Waals surface area contributed by atoms with Crippen LogP contribution in [0.5, 0.6) is 5.75 Å². The third-order valence-corrected chi connectivity index (χ3v) is 4.74. The summed E-state index contributed by atoms with van der Waals surface area (Å²) in [6.07, 6.45) is 0. The summed E-state index contributed by atoms with van der Waals surface area (Å²) < 4.78 is 6.60. The highest BCUT2D eigenvalue weighted by Gasteiger charge is 2.21. The van der Waals surface area contributed by atoms with E-state index >= 15 is 0 Å². The van der Waals surface area contributed by atoms with Crippen molar-refractivity contribution in [1.82, 2.24) is 5.43 Å². The van der Waals surface area contributed by atoms with Gasteiger partial charge in [0.05, 0.1) is 16.9 Å². The summed E-state index contributed by atoms with van der Waals surface area (Å²) in [6, 6.07) is 8.21. The molecule has 1 heterocycles. The molecule has 0 bridgehead atoms. The number of halogens is 1. The lowest BCUT2D eigenvalue weighted by atomic mass is 9.97. The standard InChI is InChI=1S/C14H17BrN2OS/c1-8-6-9(2)13(10(7-8)18-3)14(17-16)11-4-5-12(15)19-11/h4-7,14,17H,16H2,1-3H3. The second-order valence-corrected chi connectivity index (χ2v) is 6.93. The van der Waals surface area contributed by atoms with Crippen molar-refractivity contribution in [2.24, 2.45) is 5.84 Å². The normalized spacial score (nSPS) is 12.5. The minimum atomic E-state index is -0.0631. The molecule has 0 amide bonds. The van der Waals surface area contributed by atoms with E-state index in [2.05, 4.69) is 47.3 Å². The van der Waals surface area contributed by atoms with Gasteiger partial charge in [-0.3, -0.25) is 5.84 Å². The van der Waals surface area contributed by atoms with Crippen LogP contribution < -0.4 is 16.0 Å². The Labute approximate surface area is 125 Å². The third kappa shape index (κ3) is 3.00. The fourth-order valence-electron chi connectivity index (χ4n) is 2.27. The molecule has 2 aromatic rings. The average molecular weight is 341 g/mol. The van der Waals surface area contributed by atoms with E-state index in [-0.39, 0.29) is 6.04 Å². The number of methoxy groups -OCH3 is 1. The summed E-state index contributed by atoms with van der Waals surface area (Å²) in [5.41, 5.74) is 6.33. The molecule has 0 saturated heterocycles. The van der Waals surface area contributed by atoms with E-state index in [0.717, 1.165) is 20.0 Å². The maximum atomic E-state index is 5.76. The van der Waals surface area contributed by atoms with Gasteiger partial charge in [-0.2, -0.15) is 0 Å². The fourth-order valence-corrected chi connectivity index (χ4v) is 3.76. The zero-order chi connectivity index (χ0) is 14.0. The molecular weight excluding hydrogens is 324 g/mol. The van der Waals surface area contributed by atoms with E-state index in [1.807, 2.05) is 12.1 Å². The summed E-state index contributed by atoms with van der Waals surface area (Å²) in [6.45, 7) is 4.14. The number of hydrazine groups is 1. The molecule has 3 nitrogen and oxygen atoms in total. The van der Waals surface area contributed by atoms with Gasteiger partial charge in [-0.15, -0.1) is 11.3 Å². The number of aryl methyl sites for hydroxylation is 2. The molecule has 0 radical (unpaired) electrons. The van der Waals surface area contributed by atoms with Crippen LogP contribution in [0, 0.1) is 13.8 Å². The first-order valence-electron chi connectivity index (χ1n) is 5.93. The summed E-state index contributed by atoms with van der Waals surface area (Å²) in [5.74, 6) is 6.63. The molecular formula is C14H17BrN2OS. The Morgan fingerprint density at radius 2 is 2.05 bits per heavy atom. The van der Waals surface area contributed by atoms with Crippen molar-refractivity contribution in [2.45, 2.75) is 19.9 Å². The van der Waals surface area contributed by atoms with E-state index in [4.69, 9.17) is 10.6 Å². The van der Waals surface area contributed by atoms with Gasteiger partial charge in [0.1, 0.15) is 5.75 Å². The molecule has 0 aliphatic heterocycles. The van der Waals surface area contributed by atoms with Crippen molar-refractivity contribution in [3.8, 4) is 5.75 Å². The largest absolute Gasteiger partial charge is 0.496 e. The fraction of sp³-hybridized carbons (Fsp3) is 0.286. The highest BCUT2D eigenvalue weighted by molar-refractivity contribution is 9.11. The van der Waals surface area contributed by atoms with Crippen molar-refractivity contribution in [3.05, 3.63) is 49.6 Å². The Morgan fingerprint density at radius 3 is 2.58 bits per heavy atom. The molecule has 1 atom stereocenters. The van der Waals surface area contributed by atoms with Crippen molar-refractivity contribution < 1.29 is 4.74 Å². The Morgan fingerprint density at radius 1 is 1.32 bits per heavy atom. The highest BCUT2D eigenvalue weighted by atomic mass is 79.9. The number of benzene rings is 1. The monoisotopic (exact) mass is 340 g/mol. The van der Waals surface area contributed by atoms with Gasteiger partial charge in [0, 0.05) is 10.4 Å². The Bertz CT molecular complexity index is 583. The molecule has 1 aromatic carbocycles. The SMILES string of the molecule is COc1cc(C)cc(C)c1C(NN)c1ccc(Br)s1. The van der Waals surface area contributed by atoms with Crippen LogP contribution >= 0.6 is 27.3 Å². The van der Waals surface area contributed by atoms with Gasteiger partial charge in [0.2, 0.25) is 0 Å². The first-order chi connectivity index (χ1) is 9.06. The van der Waals surface area contributed by atoms with E-state index in [1.165, 1.54) is 11.1 Å². The van der Waals surface area contributed by atoms with E-state index in [0.29, 0.717) is 0 Å². The topological polar surface area (TPSA) is 47.3 Å². The molecule has 0 aliphatic carbocycles. The minimum Gasteiger partial charge on any atom is -0.496 e. The number of thiophene rings is 1. The smallest absolute Gasteiger partial charge is 0.124 e. The Hall–Kier alpha value is -0.880. The number of hydrogen-bond donors (Lipinski definition) is 2. The van der Waals surface area contributed by atoms with E-state index in [1.54, 1.807) is 18.4 Å². The van der Waals surface area contributed by atoms with Crippen molar-refractivity contribution in [1.29, 1.82) is 0 Å². The quantitative estimate of drug-likeness (QED) is 0.659. The molecule has 0 saturated carbocycles. The van der Waals surface area contributed by atoms with Crippen LogP contribution in [-0.4, -0.2) is 7.11 Å². The second-order valence-electron chi connectivity index (χ2n) is 4.44. The molecule has 3 N–H and O–H groups in total. The number of nitrogens with two attached hydrogens (primary N) is 1. The number of rotatable bonds is 4. The van der Waals surface area contributed by atoms with Crippen LogP contribution in [0.1, 0.15) is 27.6 Å². The van der Waals surface area contributed by atoms with Crippen LogP contribution in [0.25, 0.3) is 0 Å². The zero-order valence-corrected chi connectivity index (χ0v) is 13.6. The summed E-state index contributed by atoms with van der Waals surface area (Å²) >= 11 is 5.15. The van der Waals surface area contributed by atoms with E-state index in [9.17, 15) is 0 Å². The van der Waals surface area contributed by atoms with Crippen LogP contribution in [0.4, 0.5) is 0 Å². The zero-order valence-electron chi connectivity index (χ0n) is 11.2. The summed E-state index contributed by atoms with van der Waals surface area (Å²) in [7, 11) is 1.69. The van der Waals surface area contributed by atoms with Gasteiger partial charge >= 0.3 is 0 Å². The van der Waals surface area contributed by atoms with Gasteiger partial charge in [-0.25, -0.2) is 5.43 Å². The predicted octanol–water partition coefficient (Wildman–Crippen LogP) is 3.69. The molecule has 0 fully saturated rings. The van der Waals surface area contributed by atoms with Crippen molar-refractivity contribution in [3.63, 3.8) is 0 Å². The molecule has 0 spiro atoms. The van der Waals surface area contributed by atoms with Crippen LogP contribution in [-0.2, 0) is 0 Å². The molecule has 2 rings (SSSR count). The van der Waals surface area contributed by atoms with Gasteiger partial charge < -0.3 is 4.74 Å². The molecule has 19 heavy (non-hydrogen) atoms. The maximum Gasteiger partial charge on any atom is 0.124 e.